The molecule has 0 saturated heterocycles. The average Bonchev–Trinajstić information content (AvgIpc) is 2.27. The Morgan fingerprint density at radius 3 is 2.12 bits per heavy atom. The van der Waals surface area contributed by atoms with Crippen LogP contribution in [0.2, 0.25) is 0 Å². The van der Waals surface area contributed by atoms with Gasteiger partial charge < -0.3 is 9.05 Å². The van der Waals surface area contributed by atoms with E-state index >= 15 is 0 Å². The fourth-order valence-corrected chi connectivity index (χ4v) is 2.03. The number of hydrogen-bond donors (Lipinski definition) is 0. The predicted molar refractivity (Wildman–Crippen MR) is 69.2 cm³/mol. The molecule has 17 heavy (non-hydrogen) atoms. The molecule has 0 aliphatic heterocycles. The zero-order valence-corrected chi connectivity index (χ0v) is 12.1. The van der Waals surface area contributed by atoms with Crippen molar-refractivity contribution < 1.29 is 18.4 Å². The molecule has 5 heteroatoms. The molecule has 0 spiro atoms. The highest BCUT2D eigenvalue weighted by Gasteiger charge is 2.19. The molecule has 0 radical (unpaired) electrons. The molecule has 102 valence electrons. The first-order valence-electron chi connectivity index (χ1n) is 6.37. The van der Waals surface area contributed by atoms with Crippen molar-refractivity contribution in [1.29, 1.82) is 0 Å². The van der Waals surface area contributed by atoms with Crippen molar-refractivity contribution in [3.63, 3.8) is 0 Å². The van der Waals surface area contributed by atoms with Gasteiger partial charge in [-0.3, -0.25) is 4.79 Å². The van der Waals surface area contributed by atoms with Gasteiger partial charge in [-0.1, -0.05) is 45.4 Å². The van der Waals surface area contributed by atoms with Crippen molar-refractivity contribution in [2.75, 3.05) is 13.8 Å². The molecule has 0 amide bonds. The van der Waals surface area contributed by atoms with Crippen LogP contribution >= 0.6 is 7.60 Å². The second kappa shape index (κ2) is 9.67. The molecular weight excluding hydrogens is 239 g/mol. The Morgan fingerprint density at radius 1 is 1.06 bits per heavy atom. The molecular formula is C12H25O4P. The standard InChI is InChI=1S/C12H25O4P/c1-4-5-6-7-8-9-10-11-12(13)16-17(3,14)15-2/h4-11H2,1-3H3/t17-/m0/s1. The summed E-state index contributed by atoms with van der Waals surface area (Å²) in [5.41, 5.74) is 0. The summed E-state index contributed by atoms with van der Waals surface area (Å²) in [5.74, 6) is -0.425. The minimum absolute atomic E-state index is 0.328. The summed E-state index contributed by atoms with van der Waals surface area (Å²) in [7, 11) is -1.87. The molecule has 4 nitrogen and oxygen atoms in total. The molecule has 0 saturated carbocycles. The topological polar surface area (TPSA) is 52.6 Å². The molecule has 0 heterocycles. The van der Waals surface area contributed by atoms with Gasteiger partial charge in [-0.2, -0.15) is 0 Å². The minimum atomic E-state index is -3.15. The second-order valence-electron chi connectivity index (χ2n) is 4.29. The lowest BCUT2D eigenvalue weighted by molar-refractivity contribution is -0.135. The molecule has 0 aromatic carbocycles. The molecule has 0 aromatic rings. The van der Waals surface area contributed by atoms with E-state index in [1.807, 2.05) is 0 Å². The van der Waals surface area contributed by atoms with E-state index in [1.54, 1.807) is 0 Å². The van der Waals surface area contributed by atoms with Crippen LogP contribution in [0.5, 0.6) is 0 Å². The highest BCUT2D eigenvalue weighted by Crippen LogP contribution is 2.43. The minimum Gasteiger partial charge on any atom is -0.392 e. The van der Waals surface area contributed by atoms with E-state index in [0.717, 1.165) is 19.3 Å². The summed E-state index contributed by atoms with van der Waals surface area (Å²) >= 11 is 0. The maximum Gasteiger partial charge on any atom is 0.378 e. The Labute approximate surface area is 105 Å². The Morgan fingerprint density at radius 2 is 1.59 bits per heavy atom. The quantitative estimate of drug-likeness (QED) is 0.439. The highest BCUT2D eigenvalue weighted by molar-refractivity contribution is 7.53. The zero-order chi connectivity index (χ0) is 13.1. The van der Waals surface area contributed by atoms with Gasteiger partial charge in [0.1, 0.15) is 0 Å². The summed E-state index contributed by atoms with van der Waals surface area (Å²) < 4.78 is 20.7. The van der Waals surface area contributed by atoms with Crippen LogP contribution < -0.4 is 0 Å². The van der Waals surface area contributed by atoms with E-state index in [4.69, 9.17) is 4.52 Å². The van der Waals surface area contributed by atoms with E-state index in [2.05, 4.69) is 11.4 Å². The molecule has 0 rings (SSSR count). The van der Waals surface area contributed by atoms with Gasteiger partial charge in [-0.05, 0) is 6.42 Å². The van der Waals surface area contributed by atoms with Gasteiger partial charge in [0.2, 0.25) is 0 Å². The van der Waals surface area contributed by atoms with Crippen molar-refractivity contribution in [3.8, 4) is 0 Å². The summed E-state index contributed by atoms with van der Waals surface area (Å²) in [4.78, 5) is 11.3. The van der Waals surface area contributed by atoms with Crippen LogP contribution in [0, 0.1) is 0 Å². The summed E-state index contributed by atoms with van der Waals surface area (Å²) in [6.07, 6.45) is 8.34. The van der Waals surface area contributed by atoms with Gasteiger partial charge in [0.15, 0.2) is 0 Å². The molecule has 0 aliphatic carbocycles. The molecule has 0 aromatic heterocycles. The van der Waals surface area contributed by atoms with Crippen LogP contribution in [0.1, 0.15) is 58.3 Å². The monoisotopic (exact) mass is 264 g/mol. The van der Waals surface area contributed by atoms with Gasteiger partial charge in [-0.25, -0.2) is 4.57 Å². The third kappa shape index (κ3) is 10.5. The number of carbonyl (C=O) groups excluding carboxylic acids is 1. The molecule has 0 unspecified atom stereocenters. The number of carbonyl (C=O) groups is 1. The van der Waals surface area contributed by atoms with Crippen LogP contribution in [-0.4, -0.2) is 19.7 Å². The van der Waals surface area contributed by atoms with Crippen molar-refractivity contribution in [2.45, 2.75) is 58.3 Å². The number of hydrogen-bond acceptors (Lipinski definition) is 4. The van der Waals surface area contributed by atoms with Gasteiger partial charge in [0.25, 0.3) is 0 Å². The average molecular weight is 264 g/mol. The molecule has 0 bridgehead atoms. The number of unbranched alkanes of at least 4 members (excludes halogenated alkanes) is 6. The Kier molecular flexibility index (Phi) is 9.47. The first-order chi connectivity index (χ1) is 8.02. The SMILES string of the molecule is CCCCCCCCCC(=O)O[P@@](C)(=O)OC. The Bertz CT molecular complexity index is 253. The maximum atomic E-state index is 11.3. The third-order valence-electron chi connectivity index (χ3n) is 2.58. The van der Waals surface area contributed by atoms with E-state index in [-0.39, 0.29) is 0 Å². The van der Waals surface area contributed by atoms with E-state index < -0.39 is 13.6 Å². The van der Waals surface area contributed by atoms with Crippen LogP contribution in [0.3, 0.4) is 0 Å². The fraction of sp³-hybridized carbons (Fsp3) is 0.917. The van der Waals surface area contributed by atoms with Gasteiger partial charge in [0, 0.05) is 20.2 Å². The van der Waals surface area contributed by atoms with E-state index in [9.17, 15) is 9.36 Å². The first-order valence-corrected chi connectivity index (χ1v) is 8.36. The fourth-order valence-electron chi connectivity index (χ4n) is 1.49. The van der Waals surface area contributed by atoms with Crippen molar-refractivity contribution in [3.05, 3.63) is 0 Å². The molecule has 0 aliphatic rings. The normalized spacial score (nSPS) is 14.3. The van der Waals surface area contributed by atoms with Gasteiger partial charge in [0.05, 0.1) is 0 Å². The largest absolute Gasteiger partial charge is 0.392 e. The molecule has 0 N–H and O–H groups in total. The van der Waals surface area contributed by atoms with Gasteiger partial charge in [-0.15, -0.1) is 0 Å². The number of rotatable bonds is 10. The van der Waals surface area contributed by atoms with Crippen LogP contribution in [0.25, 0.3) is 0 Å². The zero-order valence-electron chi connectivity index (χ0n) is 11.2. The van der Waals surface area contributed by atoms with E-state index in [1.165, 1.54) is 39.5 Å². The maximum absolute atomic E-state index is 11.3. The van der Waals surface area contributed by atoms with Crippen molar-refractivity contribution in [1.82, 2.24) is 0 Å². The Balaban J connectivity index is 3.43. The lowest BCUT2D eigenvalue weighted by atomic mass is 10.1. The summed E-state index contributed by atoms with van der Waals surface area (Å²) in [6, 6.07) is 0. The second-order valence-corrected chi connectivity index (χ2v) is 6.38. The predicted octanol–water partition coefficient (Wildman–Crippen LogP) is 4.14. The highest BCUT2D eigenvalue weighted by atomic mass is 31.2. The summed E-state index contributed by atoms with van der Waals surface area (Å²) in [6.45, 7) is 3.49. The lowest BCUT2D eigenvalue weighted by Gasteiger charge is -2.10. The third-order valence-corrected chi connectivity index (χ3v) is 3.78. The van der Waals surface area contributed by atoms with Crippen LogP contribution in [0.4, 0.5) is 0 Å². The van der Waals surface area contributed by atoms with Crippen molar-refractivity contribution >= 4 is 13.6 Å². The first kappa shape index (κ1) is 16.7. The van der Waals surface area contributed by atoms with E-state index in [0.29, 0.717) is 6.42 Å². The molecule has 1 atom stereocenters. The van der Waals surface area contributed by atoms with Crippen molar-refractivity contribution in [2.24, 2.45) is 0 Å². The summed E-state index contributed by atoms with van der Waals surface area (Å²) in [5, 5.41) is 0. The smallest absolute Gasteiger partial charge is 0.378 e. The Hall–Kier alpha value is -0.340. The molecule has 0 fully saturated rings. The lowest BCUT2D eigenvalue weighted by Crippen LogP contribution is -2.02. The van der Waals surface area contributed by atoms with Crippen LogP contribution in [0.15, 0.2) is 0 Å². The van der Waals surface area contributed by atoms with Gasteiger partial charge >= 0.3 is 13.6 Å². The van der Waals surface area contributed by atoms with Crippen LogP contribution in [-0.2, 0) is 18.4 Å².